The van der Waals surface area contributed by atoms with Crippen molar-refractivity contribution in [2.45, 2.75) is 64.5 Å². The standard InChI is InChI=1S/C27H36ClNO4/c1-4-32-26(31)12-9-22-15-24(10-11-25(22)28)33-18-23(30)17-29-27(2,3)16-19-13-20-7-5-6-8-21(20)14-19/h5-8,10-11,15,19,23,29-30H,4,9,12-14,16-18H2,1-3H3. The number of halogens is 1. The molecule has 1 unspecified atom stereocenters. The molecule has 2 aromatic rings. The molecule has 0 amide bonds. The van der Waals surface area contributed by atoms with E-state index in [1.807, 2.05) is 6.07 Å². The third-order valence-electron chi connectivity index (χ3n) is 6.11. The van der Waals surface area contributed by atoms with Crippen molar-refractivity contribution in [2.75, 3.05) is 19.8 Å². The molecule has 1 atom stereocenters. The highest BCUT2D eigenvalue weighted by molar-refractivity contribution is 6.31. The van der Waals surface area contributed by atoms with E-state index in [1.165, 1.54) is 11.1 Å². The predicted molar refractivity (Wildman–Crippen MR) is 132 cm³/mol. The minimum atomic E-state index is -0.635. The summed E-state index contributed by atoms with van der Waals surface area (Å²) in [5, 5.41) is 14.6. The summed E-state index contributed by atoms with van der Waals surface area (Å²) in [5.74, 6) is 1.01. The number of benzene rings is 2. The molecular formula is C27H36ClNO4. The second-order valence-corrected chi connectivity index (χ2v) is 9.94. The van der Waals surface area contributed by atoms with Crippen LogP contribution < -0.4 is 10.1 Å². The van der Waals surface area contributed by atoms with Gasteiger partial charge in [-0.25, -0.2) is 0 Å². The van der Waals surface area contributed by atoms with Crippen LogP contribution in [0.1, 0.15) is 50.3 Å². The largest absolute Gasteiger partial charge is 0.491 e. The van der Waals surface area contributed by atoms with E-state index in [0.29, 0.717) is 36.3 Å². The Morgan fingerprint density at radius 3 is 2.58 bits per heavy atom. The number of carbonyl (C=O) groups excluding carboxylic acids is 1. The highest BCUT2D eigenvalue weighted by Crippen LogP contribution is 2.32. The molecule has 0 saturated heterocycles. The first kappa shape index (κ1) is 25.5. The molecule has 5 nitrogen and oxygen atoms in total. The van der Waals surface area contributed by atoms with Crippen molar-refractivity contribution >= 4 is 17.6 Å². The van der Waals surface area contributed by atoms with Crippen molar-refractivity contribution in [1.82, 2.24) is 5.32 Å². The van der Waals surface area contributed by atoms with Crippen LogP contribution in [-0.2, 0) is 28.8 Å². The van der Waals surface area contributed by atoms with Crippen molar-refractivity contribution in [3.05, 3.63) is 64.2 Å². The van der Waals surface area contributed by atoms with Crippen LogP contribution >= 0.6 is 11.6 Å². The Morgan fingerprint density at radius 2 is 1.91 bits per heavy atom. The van der Waals surface area contributed by atoms with Gasteiger partial charge in [-0.2, -0.15) is 0 Å². The van der Waals surface area contributed by atoms with Gasteiger partial charge in [0.05, 0.1) is 6.61 Å². The Labute approximate surface area is 202 Å². The number of β-amino-alcohol motifs (C(OH)–C–C–N with tert-alkyl or cyclic N) is 1. The SMILES string of the molecule is CCOC(=O)CCc1cc(OCC(O)CNC(C)(C)CC2Cc3ccccc3C2)ccc1Cl. The lowest BCUT2D eigenvalue weighted by atomic mass is 9.88. The Bertz CT molecular complexity index is 905. The topological polar surface area (TPSA) is 67.8 Å². The van der Waals surface area contributed by atoms with Gasteiger partial charge in [-0.3, -0.25) is 4.79 Å². The van der Waals surface area contributed by atoms with Crippen LogP contribution in [0.3, 0.4) is 0 Å². The molecule has 180 valence electrons. The number of ether oxygens (including phenoxy) is 2. The lowest BCUT2D eigenvalue weighted by Gasteiger charge is -2.30. The first-order chi connectivity index (χ1) is 15.8. The molecule has 0 heterocycles. The molecule has 2 aromatic carbocycles. The van der Waals surface area contributed by atoms with Gasteiger partial charge in [0, 0.05) is 23.5 Å². The first-order valence-corrected chi connectivity index (χ1v) is 12.2. The number of rotatable bonds is 12. The summed E-state index contributed by atoms with van der Waals surface area (Å²) >= 11 is 6.25. The van der Waals surface area contributed by atoms with Gasteiger partial charge in [0.2, 0.25) is 0 Å². The minimum Gasteiger partial charge on any atom is -0.491 e. The predicted octanol–water partition coefficient (Wildman–Crippen LogP) is 4.75. The summed E-state index contributed by atoms with van der Waals surface area (Å²) in [4.78, 5) is 11.6. The molecule has 2 N–H and O–H groups in total. The molecule has 0 aromatic heterocycles. The van der Waals surface area contributed by atoms with Crippen molar-refractivity contribution in [2.24, 2.45) is 5.92 Å². The van der Waals surface area contributed by atoms with Crippen molar-refractivity contribution in [3.8, 4) is 5.75 Å². The summed E-state index contributed by atoms with van der Waals surface area (Å²) in [6.45, 7) is 7.17. The number of aliphatic hydroxyl groups excluding tert-OH is 1. The van der Waals surface area contributed by atoms with Gasteiger partial charge in [0.1, 0.15) is 18.5 Å². The van der Waals surface area contributed by atoms with Gasteiger partial charge in [0.15, 0.2) is 0 Å². The molecule has 33 heavy (non-hydrogen) atoms. The fraction of sp³-hybridized carbons (Fsp3) is 0.519. The molecule has 0 bridgehead atoms. The van der Waals surface area contributed by atoms with Crippen LogP contribution in [0.25, 0.3) is 0 Å². The van der Waals surface area contributed by atoms with E-state index in [9.17, 15) is 9.90 Å². The summed E-state index contributed by atoms with van der Waals surface area (Å²) < 4.78 is 10.8. The van der Waals surface area contributed by atoms with Gasteiger partial charge < -0.3 is 19.9 Å². The normalized spacial score (nSPS) is 14.7. The minimum absolute atomic E-state index is 0.0752. The van der Waals surface area contributed by atoms with Gasteiger partial charge in [-0.05, 0) is 87.3 Å². The maximum Gasteiger partial charge on any atom is 0.306 e. The quantitative estimate of drug-likeness (QED) is 0.435. The Hall–Kier alpha value is -2.08. The zero-order chi connectivity index (χ0) is 23.8. The Kier molecular flexibility index (Phi) is 9.19. The summed E-state index contributed by atoms with van der Waals surface area (Å²) in [7, 11) is 0. The molecule has 0 spiro atoms. The molecule has 3 rings (SSSR count). The van der Waals surface area contributed by atoms with Gasteiger partial charge >= 0.3 is 5.97 Å². The van der Waals surface area contributed by atoms with Crippen molar-refractivity contribution < 1.29 is 19.4 Å². The number of aliphatic hydroxyl groups is 1. The molecule has 0 aliphatic heterocycles. The number of fused-ring (bicyclic) bond motifs is 1. The molecule has 0 radical (unpaired) electrons. The number of nitrogens with one attached hydrogen (secondary N) is 1. The van der Waals surface area contributed by atoms with E-state index in [4.69, 9.17) is 21.1 Å². The average molecular weight is 474 g/mol. The zero-order valence-corrected chi connectivity index (χ0v) is 20.7. The third kappa shape index (κ3) is 8.02. The summed E-state index contributed by atoms with van der Waals surface area (Å²) in [5.41, 5.74) is 3.69. The number of aryl methyl sites for hydroxylation is 1. The molecule has 0 fully saturated rings. The highest BCUT2D eigenvalue weighted by Gasteiger charge is 2.28. The lowest BCUT2D eigenvalue weighted by Crippen LogP contribution is -2.46. The van der Waals surface area contributed by atoms with E-state index in [1.54, 1.807) is 19.1 Å². The fourth-order valence-corrected chi connectivity index (χ4v) is 4.75. The molecule has 1 aliphatic rings. The van der Waals surface area contributed by atoms with Gasteiger partial charge in [0.25, 0.3) is 0 Å². The average Bonchev–Trinajstić information content (AvgIpc) is 3.18. The van der Waals surface area contributed by atoms with Gasteiger partial charge in [-0.1, -0.05) is 35.9 Å². The molecule has 0 saturated carbocycles. The smallest absolute Gasteiger partial charge is 0.306 e. The number of hydrogen-bond acceptors (Lipinski definition) is 5. The van der Waals surface area contributed by atoms with Crippen molar-refractivity contribution in [3.63, 3.8) is 0 Å². The van der Waals surface area contributed by atoms with Crippen molar-refractivity contribution in [1.29, 1.82) is 0 Å². The van der Waals surface area contributed by atoms with E-state index < -0.39 is 6.10 Å². The van der Waals surface area contributed by atoms with E-state index in [-0.39, 0.29) is 24.5 Å². The summed E-state index contributed by atoms with van der Waals surface area (Å²) in [6, 6.07) is 14.0. The number of hydrogen-bond donors (Lipinski definition) is 2. The van der Waals surface area contributed by atoms with Crippen LogP contribution in [-0.4, -0.2) is 42.5 Å². The van der Waals surface area contributed by atoms with Crippen LogP contribution in [0.15, 0.2) is 42.5 Å². The van der Waals surface area contributed by atoms with E-state index >= 15 is 0 Å². The summed E-state index contributed by atoms with van der Waals surface area (Å²) in [6.07, 6.45) is 3.42. The number of carbonyl (C=O) groups is 1. The van der Waals surface area contributed by atoms with Crippen LogP contribution in [0, 0.1) is 5.92 Å². The first-order valence-electron chi connectivity index (χ1n) is 11.8. The molecule has 1 aliphatic carbocycles. The third-order valence-corrected chi connectivity index (χ3v) is 6.48. The monoisotopic (exact) mass is 473 g/mol. The van der Waals surface area contributed by atoms with Crippen LogP contribution in [0.2, 0.25) is 5.02 Å². The Morgan fingerprint density at radius 1 is 1.21 bits per heavy atom. The maximum absolute atomic E-state index is 11.6. The van der Waals surface area contributed by atoms with E-state index in [2.05, 4.69) is 43.4 Å². The molecule has 6 heteroatoms. The second-order valence-electron chi connectivity index (χ2n) is 9.53. The maximum atomic E-state index is 11.6. The Balaban J connectivity index is 1.42. The van der Waals surface area contributed by atoms with Crippen LogP contribution in [0.4, 0.5) is 0 Å². The van der Waals surface area contributed by atoms with Gasteiger partial charge in [-0.15, -0.1) is 0 Å². The second kappa shape index (κ2) is 11.9. The molecular weight excluding hydrogens is 438 g/mol. The van der Waals surface area contributed by atoms with Crippen LogP contribution in [0.5, 0.6) is 5.75 Å². The van der Waals surface area contributed by atoms with E-state index in [0.717, 1.165) is 24.8 Å². The zero-order valence-electron chi connectivity index (χ0n) is 19.9. The fourth-order valence-electron chi connectivity index (χ4n) is 4.54. The lowest BCUT2D eigenvalue weighted by molar-refractivity contribution is -0.143. The number of esters is 1. The highest BCUT2D eigenvalue weighted by atomic mass is 35.5.